The van der Waals surface area contributed by atoms with Crippen molar-refractivity contribution in [2.75, 3.05) is 18.4 Å². The van der Waals surface area contributed by atoms with Crippen LogP contribution < -0.4 is 5.32 Å². The maximum absolute atomic E-state index is 12.2. The zero-order valence-corrected chi connectivity index (χ0v) is 12.5. The largest absolute Gasteiger partial charge is 0.367 e. The first-order chi connectivity index (χ1) is 9.42. The Morgan fingerprint density at radius 1 is 1.45 bits per heavy atom. The molecule has 0 aromatic heterocycles. The summed E-state index contributed by atoms with van der Waals surface area (Å²) in [7, 11) is 0. The molecule has 0 radical (unpaired) electrons. The van der Waals surface area contributed by atoms with Gasteiger partial charge in [0.1, 0.15) is 11.7 Å². The minimum absolute atomic E-state index is 0.121. The van der Waals surface area contributed by atoms with E-state index in [1.165, 1.54) is 12.1 Å². The van der Waals surface area contributed by atoms with Crippen LogP contribution in [0.15, 0.2) is 18.2 Å². The van der Waals surface area contributed by atoms with Gasteiger partial charge in [-0.05, 0) is 26.8 Å². The third kappa shape index (κ3) is 3.60. The molecule has 0 bridgehead atoms. The number of carbonyl (C=O) groups excluding carboxylic acids is 1. The first kappa shape index (κ1) is 16.2. The van der Waals surface area contributed by atoms with Crippen LogP contribution in [0.2, 0.25) is 5.02 Å². The topological polar surface area (TPSA) is 75.5 Å². The molecule has 1 aromatic carbocycles. The van der Waals surface area contributed by atoms with Crippen LogP contribution in [-0.2, 0) is 4.79 Å². The minimum atomic E-state index is -0.589. The van der Waals surface area contributed by atoms with Crippen molar-refractivity contribution in [2.45, 2.75) is 26.8 Å². The molecule has 0 aliphatic rings. The molecule has 0 aliphatic heterocycles. The smallest absolute Gasteiger partial charge is 0.293 e. The number of amides is 1. The highest BCUT2D eigenvalue weighted by Gasteiger charge is 2.23. The fourth-order valence-corrected chi connectivity index (χ4v) is 2.12. The second-order valence-electron chi connectivity index (χ2n) is 4.27. The average Bonchev–Trinajstić information content (AvgIpc) is 2.41. The molecule has 0 spiro atoms. The van der Waals surface area contributed by atoms with E-state index in [1.54, 1.807) is 17.9 Å². The number of hydrogen-bond acceptors (Lipinski definition) is 4. The second-order valence-corrected chi connectivity index (χ2v) is 4.67. The molecule has 7 heteroatoms. The van der Waals surface area contributed by atoms with Crippen molar-refractivity contribution in [2.24, 2.45) is 0 Å². The number of nitrogens with one attached hydrogen (secondary N) is 1. The zero-order valence-electron chi connectivity index (χ0n) is 11.7. The number of carbonyl (C=O) groups is 1. The zero-order chi connectivity index (χ0) is 15.3. The minimum Gasteiger partial charge on any atom is -0.367 e. The van der Waals surface area contributed by atoms with Crippen LogP contribution >= 0.6 is 11.6 Å². The molecule has 1 aromatic rings. The molecule has 0 saturated heterocycles. The highest BCUT2D eigenvalue weighted by Crippen LogP contribution is 2.32. The van der Waals surface area contributed by atoms with Crippen LogP contribution in [0.4, 0.5) is 11.4 Å². The Bertz CT molecular complexity index is 504. The molecule has 0 heterocycles. The number of nitrogens with zero attached hydrogens (tertiary/aromatic N) is 2. The quantitative estimate of drug-likeness (QED) is 0.647. The molecular weight excluding hydrogens is 282 g/mol. The van der Waals surface area contributed by atoms with Crippen molar-refractivity contribution < 1.29 is 9.72 Å². The van der Waals surface area contributed by atoms with Gasteiger partial charge in [0.15, 0.2) is 0 Å². The van der Waals surface area contributed by atoms with Crippen molar-refractivity contribution in [3.05, 3.63) is 33.3 Å². The average molecular weight is 300 g/mol. The van der Waals surface area contributed by atoms with Gasteiger partial charge < -0.3 is 10.2 Å². The maximum Gasteiger partial charge on any atom is 0.293 e. The lowest BCUT2D eigenvalue weighted by atomic mass is 10.2. The summed E-state index contributed by atoms with van der Waals surface area (Å²) in [5, 5.41) is 14.0. The highest BCUT2D eigenvalue weighted by molar-refractivity contribution is 6.33. The van der Waals surface area contributed by atoms with E-state index < -0.39 is 11.0 Å². The molecular formula is C13H18ClN3O3. The molecule has 20 heavy (non-hydrogen) atoms. The summed E-state index contributed by atoms with van der Waals surface area (Å²) in [4.78, 5) is 24.3. The predicted octanol–water partition coefficient (Wildman–Crippen LogP) is 2.92. The lowest BCUT2D eigenvalue weighted by molar-refractivity contribution is -0.384. The molecule has 1 amide bonds. The molecule has 1 atom stereocenters. The van der Waals surface area contributed by atoms with Crippen molar-refractivity contribution >= 4 is 28.9 Å². The number of nitro groups is 1. The van der Waals surface area contributed by atoms with Gasteiger partial charge in [-0.25, -0.2) is 0 Å². The SMILES string of the molecule is CCN(CC)C(=O)C(C)Nc1c(Cl)cccc1[N+](=O)[O-]. The summed E-state index contributed by atoms with van der Waals surface area (Å²) in [5.74, 6) is -0.121. The fraction of sp³-hybridized carbons (Fsp3) is 0.462. The number of rotatable bonds is 6. The molecule has 1 unspecified atom stereocenters. The number of para-hydroxylation sites is 1. The summed E-state index contributed by atoms with van der Waals surface area (Å²) < 4.78 is 0. The van der Waals surface area contributed by atoms with Crippen LogP contribution in [0, 0.1) is 10.1 Å². The molecule has 6 nitrogen and oxygen atoms in total. The molecule has 110 valence electrons. The summed E-state index contributed by atoms with van der Waals surface area (Å²) in [5.41, 5.74) is 0.0314. The van der Waals surface area contributed by atoms with E-state index in [2.05, 4.69) is 5.32 Å². The Morgan fingerprint density at radius 3 is 2.55 bits per heavy atom. The van der Waals surface area contributed by atoms with Gasteiger partial charge >= 0.3 is 0 Å². The van der Waals surface area contributed by atoms with Gasteiger partial charge in [0.25, 0.3) is 5.69 Å². The normalized spacial score (nSPS) is 11.8. The number of anilines is 1. The van der Waals surface area contributed by atoms with Crippen LogP contribution in [0.3, 0.4) is 0 Å². The molecule has 0 aliphatic carbocycles. The van der Waals surface area contributed by atoms with Gasteiger partial charge in [-0.1, -0.05) is 17.7 Å². The third-order valence-corrected chi connectivity index (χ3v) is 3.31. The first-order valence-electron chi connectivity index (χ1n) is 6.40. The Balaban J connectivity index is 2.98. The van der Waals surface area contributed by atoms with Crippen LogP contribution in [-0.4, -0.2) is 34.9 Å². The monoisotopic (exact) mass is 299 g/mol. The molecule has 1 N–H and O–H groups in total. The van der Waals surface area contributed by atoms with Gasteiger partial charge in [-0.15, -0.1) is 0 Å². The Morgan fingerprint density at radius 2 is 2.05 bits per heavy atom. The third-order valence-electron chi connectivity index (χ3n) is 2.99. The lowest BCUT2D eigenvalue weighted by Crippen LogP contribution is -2.41. The van der Waals surface area contributed by atoms with E-state index in [-0.39, 0.29) is 22.3 Å². The van der Waals surface area contributed by atoms with Crippen LogP contribution in [0.5, 0.6) is 0 Å². The second kappa shape index (κ2) is 7.09. The number of benzene rings is 1. The van der Waals surface area contributed by atoms with Gasteiger partial charge in [-0.2, -0.15) is 0 Å². The van der Waals surface area contributed by atoms with E-state index in [9.17, 15) is 14.9 Å². The van der Waals surface area contributed by atoms with E-state index in [0.717, 1.165) is 0 Å². The van der Waals surface area contributed by atoms with E-state index in [0.29, 0.717) is 13.1 Å². The Hall–Kier alpha value is -1.82. The fourth-order valence-electron chi connectivity index (χ4n) is 1.90. The first-order valence-corrected chi connectivity index (χ1v) is 6.78. The van der Waals surface area contributed by atoms with Gasteiger partial charge in [0.05, 0.1) is 9.95 Å². The number of nitro benzene ring substituents is 1. The lowest BCUT2D eigenvalue weighted by Gasteiger charge is -2.24. The number of likely N-dealkylation sites (N-methyl/N-ethyl adjacent to an activating group) is 1. The van der Waals surface area contributed by atoms with Gasteiger partial charge in [0, 0.05) is 19.2 Å². The Labute approximate surface area is 122 Å². The van der Waals surface area contributed by atoms with Crippen molar-refractivity contribution in [1.82, 2.24) is 4.90 Å². The predicted molar refractivity (Wildman–Crippen MR) is 79.1 cm³/mol. The maximum atomic E-state index is 12.2. The summed E-state index contributed by atoms with van der Waals surface area (Å²) in [6.45, 7) is 6.60. The summed E-state index contributed by atoms with van der Waals surface area (Å²) in [6.07, 6.45) is 0. The van der Waals surface area contributed by atoms with E-state index >= 15 is 0 Å². The van der Waals surface area contributed by atoms with Crippen LogP contribution in [0.25, 0.3) is 0 Å². The summed E-state index contributed by atoms with van der Waals surface area (Å²) >= 11 is 5.98. The van der Waals surface area contributed by atoms with Crippen molar-refractivity contribution in [1.29, 1.82) is 0 Å². The Kier molecular flexibility index (Phi) is 5.76. The molecule has 0 saturated carbocycles. The number of halogens is 1. The molecule has 0 fully saturated rings. The van der Waals surface area contributed by atoms with Gasteiger partial charge in [0.2, 0.25) is 5.91 Å². The highest BCUT2D eigenvalue weighted by atomic mass is 35.5. The van der Waals surface area contributed by atoms with E-state index in [4.69, 9.17) is 11.6 Å². The van der Waals surface area contributed by atoms with E-state index in [1.807, 2.05) is 13.8 Å². The number of hydrogen-bond donors (Lipinski definition) is 1. The van der Waals surface area contributed by atoms with Crippen LogP contribution in [0.1, 0.15) is 20.8 Å². The standard InChI is InChI=1S/C13H18ClN3O3/c1-4-16(5-2)13(18)9(3)15-12-10(14)7-6-8-11(12)17(19)20/h6-9,15H,4-5H2,1-3H3. The van der Waals surface area contributed by atoms with Crippen molar-refractivity contribution in [3.63, 3.8) is 0 Å². The summed E-state index contributed by atoms with van der Waals surface area (Å²) in [6, 6.07) is 3.81. The molecule has 1 rings (SSSR count). The van der Waals surface area contributed by atoms with Gasteiger partial charge in [-0.3, -0.25) is 14.9 Å². The van der Waals surface area contributed by atoms with Crippen molar-refractivity contribution in [3.8, 4) is 0 Å².